The van der Waals surface area contributed by atoms with Crippen LogP contribution in [-0.4, -0.2) is 25.2 Å². The number of hydrogen-bond acceptors (Lipinski definition) is 4. The molecule has 1 rings (SSSR count). The highest BCUT2D eigenvalue weighted by atomic mass is 79.9. The van der Waals surface area contributed by atoms with Gasteiger partial charge in [-0.2, -0.15) is 0 Å². The fourth-order valence-electron chi connectivity index (χ4n) is 1.06. The molecule has 0 saturated heterocycles. The maximum Gasteiger partial charge on any atom is 0.360 e. The quantitative estimate of drug-likeness (QED) is 0.804. The molecular formula is C9H8BrF2NO3. The zero-order valence-electron chi connectivity index (χ0n) is 8.46. The molecular weight excluding hydrogens is 288 g/mol. The van der Waals surface area contributed by atoms with Crippen LogP contribution < -0.4 is 4.74 Å². The fraction of sp³-hybridized carbons (Fsp3) is 0.333. The maximum absolute atomic E-state index is 12.5. The van der Waals surface area contributed by atoms with Crippen LogP contribution >= 0.6 is 15.9 Å². The molecule has 16 heavy (non-hydrogen) atoms. The van der Waals surface area contributed by atoms with Crippen molar-refractivity contribution < 1.29 is 23.0 Å². The third-order valence-electron chi connectivity index (χ3n) is 1.75. The Labute approximate surface area is 98.7 Å². The van der Waals surface area contributed by atoms with Crippen molar-refractivity contribution in [2.75, 3.05) is 14.2 Å². The molecule has 4 nitrogen and oxygen atoms in total. The van der Waals surface area contributed by atoms with Gasteiger partial charge >= 0.3 is 5.97 Å². The van der Waals surface area contributed by atoms with Crippen LogP contribution in [0.5, 0.6) is 5.75 Å². The number of carbonyl (C=O) groups is 1. The summed E-state index contributed by atoms with van der Waals surface area (Å²) in [5, 5.41) is 0. The average Bonchev–Trinajstić information content (AvgIpc) is 2.26. The van der Waals surface area contributed by atoms with Gasteiger partial charge < -0.3 is 9.47 Å². The molecule has 0 saturated carbocycles. The Hall–Kier alpha value is -1.24. The highest BCUT2D eigenvalue weighted by molar-refractivity contribution is 9.10. The highest BCUT2D eigenvalue weighted by Crippen LogP contribution is 2.31. The van der Waals surface area contributed by atoms with Gasteiger partial charge in [0.1, 0.15) is 5.69 Å². The van der Waals surface area contributed by atoms with E-state index in [2.05, 4.69) is 25.7 Å². The van der Waals surface area contributed by atoms with Crippen molar-refractivity contribution in [2.45, 2.75) is 6.43 Å². The van der Waals surface area contributed by atoms with Crippen molar-refractivity contribution in [3.8, 4) is 5.75 Å². The van der Waals surface area contributed by atoms with Gasteiger partial charge in [0.15, 0.2) is 11.4 Å². The Morgan fingerprint density at radius 3 is 2.56 bits per heavy atom. The van der Waals surface area contributed by atoms with Crippen molar-refractivity contribution in [1.29, 1.82) is 0 Å². The molecule has 7 heteroatoms. The summed E-state index contributed by atoms with van der Waals surface area (Å²) in [6.07, 6.45) is -2.77. The molecule has 0 N–H and O–H groups in total. The van der Waals surface area contributed by atoms with Crippen molar-refractivity contribution in [3.05, 3.63) is 21.9 Å². The van der Waals surface area contributed by atoms with Gasteiger partial charge in [-0.25, -0.2) is 18.6 Å². The van der Waals surface area contributed by atoms with E-state index in [1.807, 2.05) is 0 Å². The first-order chi connectivity index (χ1) is 7.51. The molecule has 1 aromatic rings. The highest BCUT2D eigenvalue weighted by Gasteiger charge is 2.22. The first-order valence-electron chi connectivity index (χ1n) is 4.12. The normalized spacial score (nSPS) is 10.4. The van der Waals surface area contributed by atoms with Crippen LogP contribution in [0.25, 0.3) is 0 Å². The largest absolute Gasteiger partial charge is 0.493 e. The molecule has 0 amide bonds. The smallest absolute Gasteiger partial charge is 0.360 e. The third kappa shape index (κ3) is 2.46. The number of halogens is 3. The van der Waals surface area contributed by atoms with E-state index in [-0.39, 0.29) is 15.9 Å². The predicted molar refractivity (Wildman–Crippen MR) is 54.8 cm³/mol. The van der Waals surface area contributed by atoms with Gasteiger partial charge in [-0.05, 0) is 22.0 Å². The topological polar surface area (TPSA) is 48.4 Å². The minimum atomic E-state index is -2.77. The van der Waals surface area contributed by atoms with Gasteiger partial charge in [0.2, 0.25) is 0 Å². The van der Waals surface area contributed by atoms with E-state index in [1.165, 1.54) is 7.11 Å². The van der Waals surface area contributed by atoms with Crippen molar-refractivity contribution in [3.63, 3.8) is 0 Å². The predicted octanol–water partition coefficient (Wildman–Crippen LogP) is 2.58. The van der Waals surface area contributed by atoms with Crippen LogP contribution in [0.4, 0.5) is 8.78 Å². The molecule has 0 spiro atoms. The van der Waals surface area contributed by atoms with Crippen molar-refractivity contribution in [1.82, 2.24) is 4.98 Å². The number of aromatic nitrogens is 1. The first kappa shape index (κ1) is 12.8. The molecule has 0 atom stereocenters. The van der Waals surface area contributed by atoms with Crippen LogP contribution in [0.2, 0.25) is 0 Å². The first-order valence-corrected chi connectivity index (χ1v) is 4.91. The number of methoxy groups -OCH3 is 2. The second-order valence-corrected chi connectivity index (χ2v) is 3.56. The number of nitrogens with zero attached hydrogens (tertiary/aromatic N) is 1. The summed E-state index contributed by atoms with van der Waals surface area (Å²) in [5.74, 6) is -0.767. The minimum Gasteiger partial charge on any atom is -0.493 e. The minimum absolute atomic E-state index is 0.0660. The van der Waals surface area contributed by atoms with Crippen molar-refractivity contribution >= 4 is 21.9 Å². The lowest BCUT2D eigenvalue weighted by Crippen LogP contribution is -2.09. The number of hydrogen-bond donors (Lipinski definition) is 0. The summed E-state index contributed by atoms with van der Waals surface area (Å²) >= 11 is 3.02. The van der Waals surface area contributed by atoms with Crippen molar-refractivity contribution in [2.24, 2.45) is 0 Å². The summed E-state index contributed by atoms with van der Waals surface area (Å²) in [4.78, 5) is 14.8. The van der Waals surface area contributed by atoms with E-state index in [0.29, 0.717) is 0 Å². The van der Waals surface area contributed by atoms with Gasteiger partial charge in [-0.15, -0.1) is 0 Å². The number of pyridine rings is 1. The molecule has 0 unspecified atom stereocenters. The summed E-state index contributed by atoms with van der Waals surface area (Å²) in [6.45, 7) is 0. The number of ether oxygens (including phenoxy) is 2. The Balaban J connectivity index is 3.36. The Morgan fingerprint density at radius 2 is 2.12 bits per heavy atom. The molecule has 0 radical (unpaired) electrons. The van der Waals surface area contributed by atoms with Gasteiger partial charge in [0.05, 0.1) is 18.7 Å². The van der Waals surface area contributed by atoms with E-state index in [1.54, 1.807) is 0 Å². The zero-order valence-corrected chi connectivity index (χ0v) is 10.0. The molecule has 1 aromatic heterocycles. The summed E-state index contributed by atoms with van der Waals surface area (Å²) in [7, 11) is 2.43. The molecule has 0 aliphatic heterocycles. The number of esters is 1. The lowest BCUT2D eigenvalue weighted by atomic mass is 10.2. The van der Waals surface area contributed by atoms with Gasteiger partial charge in [-0.1, -0.05) is 0 Å². The molecule has 0 aromatic carbocycles. The fourth-order valence-corrected chi connectivity index (χ4v) is 1.65. The van der Waals surface area contributed by atoms with Crippen LogP contribution in [0.3, 0.4) is 0 Å². The Bertz CT molecular complexity index is 412. The molecule has 0 aliphatic carbocycles. The van der Waals surface area contributed by atoms with Crippen LogP contribution in [0.1, 0.15) is 22.6 Å². The lowest BCUT2D eigenvalue weighted by Gasteiger charge is -2.10. The molecule has 0 bridgehead atoms. The molecule has 88 valence electrons. The third-order valence-corrected chi connectivity index (χ3v) is 2.34. The van der Waals surface area contributed by atoms with E-state index in [4.69, 9.17) is 4.74 Å². The number of alkyl halides is 2. The van der Waals surface area contributed by atoms with Crippen LogP contribution in [-0.2, 0) is 4.74 Å². The molecule has 0 fully saturated rings. The second-order valence-electron chi connectivity index (χ2n) is 2.70. The Morgan fingerprint density at radius 1 is 1.50 bits per heavy atom. The standard InChI is InChI=1S/C9H8BrF2NO3/c1-15-7-4(10)3-5(8(11)12)13-6(7)9(14)16-2/h3,8H,1-2H3. The van der Waals surface area contributed by atoms with Gasteiger partial charge in [0, 0.05) is 0 Å². The lowest BCUT2D eigenvalue weighted by molar-refractivity contribution is 0.0588. The molecule has 1 heterocycles. The molecule has 0 aliphatic rings. The summed E-state index contributed by atoms with van der Waals surface area (Å²) in [6, 6.07) is 1.09. The van der Waals surface area contributed by atoms with Gasteiger partial charge in [-0.3, -0.25) is 0 Å². The SMILES string of the molecule is COC(=O)c1nc(C(F)F)cc(Br)c1OC. The average molecular weight is 296 g/mol. The second kappa shape index (κ2) is 5.20. The number of rotatable bonds is 3. The number of carbonyl (C=O) groups excluding carboxylic acids is 1. The summed E-state index contributed by atoms with van der Waals surface area (Å²) < 4.78 is 34.4. The van der Waals surface area contributed by atoms with Crippen LogP contribution in [0.15, 0.2) is 10.5 Å². The monoisotopic (exact) mass is 295 g/mol. The van der Waals surface area contributed by atoms with E-state index in [0.717, 1.165) is 13.2 Å². The maximum atomic E-state index is 12.5. The van der Waals surface area contributed by atoms with E-state index in [9.17, 15) is 13.6 Å². The Kier molecular flexibility index (Phi) is 4.17. The zero-order chi connectivity index (χ0) is 12.3. The van der Waals surface area contributed by atoms with Gasteiger partial charge in [0.25, 0.3) is 6.43 Å². The van der Waals surface area contributed by atoms with E-state index < -0.39 is 18.1 Å². The van der Waals surface area contributed by atoms with E-state index >= 15 is 0 Å². The summed E-state index contributed by atoms with van der Waals surface area (Å²) in [5.41, 5.74) is -0.803. The van der Waals surface area contributed by atoms with Crippen LogP contribution in [0, 0.1) is 0 Å².